The van der Waals surface area contributed by atoms with Crippen molar-refractivity contribution >= 4 is 17.6 Å². The number of nitrogen functional groups attached to an aromatic ring is 1. The minimum atomic E-state index is -0.852. The number of methoxy groups -OCH3 is 1. The van der Waals surface area contributed by atoms with Crippen LogP contribution >= 0.6 is 0 Å². The average molecular weight is 267 g/mol. The molecule has 4 N–H and O–H groups in total. The lowest BCUT2D eigenvalue weighted by atomic mass is 10.2. The number of urea groups is 1. The third kappa shape index (κ3) is 4.06. The van der Waals surface area contributed by atoms with Crippen LogP contribution in [0.25, 0.3) is 0 Å². The third-order valence-electron chi connectivity index (χ3n) is 2.32. The van der Waals surface area contributed by atoms with Gasteiger partial charge in [0.05, 0.1) is 7.11 Å². The first-order valence-electron chi connectivity index (χ1n) is 5.60. The number of amides is 3. The normalized spacial score (nSPS) is 11.3. The Morgan fingerprint density at radius 2 is 2.00 bits per heavy atom. The monoisotopic (exact) mass is 267 g/mol. The molecule has 1 atom stereocenters. The predicted octanol–water partition coefficient (Wildman–Crippen LogP) is 0.500. The molecule has 0 fully saturated rings. The standard InChI is InChI=1S/C12H17N3O4/c1-7(11(16)15-12(17)14-2)19-9-5-4-8(13)6-10(9)18-3/h4-7H,13H2,1-3H3,(H2,14,15,16,17). The third-order valence-corrected chi connectivity index (χ3v) is 2.32. The maximum absolute atomic E-state index is 11.6. The molecule has 104 valence electrons. The average Bonchev–Trinajstić information content (AvgIpc) is 2.40. The summed E-state index contributed by atoms with van der Waals surface area (Å²) >= 11 is 0. The van der Waals surface area contributed by atoms with Gasteiger partial charge in [0.2, 0.25) is 0 Å². The summed E-state index contributed by atoms with van der Waals surface area (Å²) < 4.78 is 10.5. The number of carbonyl (C=O) groups is 2. The lowest BCUT2D eigenvalue weighted by molar-refractivity contribution is -0.126. The number of hydrogen-bond donors (Lipinski definition) is 3. The van der Waals surface area contributed by atoms with E-state index in [0.29, 0.717) is 17.2 Å². The summed E-state index contributed by atoms with van der Waals surface area (Å²) in [4.78, 5) is 22.6. The van der Waals surface area contributed by atoms with E-state index >= 15 is 0 Å². The molecule has 0 radical (unpaired) electrons. The second kappa shape index (κ2) is 6.48. The largest absolute Gasteiger partial charge is 0.493 e. The summed E-state index contributed by atoms with van der Waals surface area (Å²) in [5.74, 6) is 0.231. The zero-order chi connectivity index (χ0) is 14.4. The van der Waals surface area contributed by atoms with Crippen LogP contribution in [0.5, 0.6) is 11.5 Å². The Bertz CT molecular complexity index is 476. The molecular weight excluding hydrogens is 250 g/mol. The summed E-state index contributed by atoms with van der Waals surface area (Å²) in [7, 11) is 2.88. The van der Waals surface area contributed by atoms with Crippen LogP contribution < -0.4 is 25.8 Å². The van der Waals surface area contributed by atoms with Crippen molar-refractivity contribution in [3.63, 3.8) is 0 Å². The van der Waals surface area contributed by atoms with Crippen molar-refractivity contribution in [1.82, 2.24) is 10.6 Å². The number of rotatable bonds is 4. The Hall–Kier alpha value is -2.44. The molecule has 7 nitrogen and oxygen atoms in total. The summed E-state index contributed by atoms with van der Waals surface area (Å²) in [5, 5.41) is 4.40. The number of anilines is 1. The molecule has 19 heavy (non-hydrogen) atoms. The highest BCUT2D eigenvalue weighted by Gasteiger charge is 2.18. The zero-order valence-corrected chi connectivity index (χ0v) is 11.0. The number of nitrogens with one attached hydrogen (secondary N) is 2. The minimum absolute atomic E-state index is 0.372. The van der Waals surface area contributed by atoms with Crippen molar-refractivity contribution in [2.24, 2.45) is 0 Å². The number of ether oxygens (including phenoxy) is 2. The molecule has 0 bridgehead atoms. The van der Waals surface area contributed by atoms with E-state index in [4.69, 9.17) is 15.2 Å². The van der Waals surface area contributed by atoms with E-state index in [9.17, 15) is 9.59 Å². The van der Waals surface area contributed by atoms with Gasteiger partial charge in [0.15, 0.2) is 17.6 Å². The molecule has 0 aliphatic heterocycles. The highest BCUT2D eigenvalue weighted by Crippen LogP contribution is 2.29. The van der Waals surface area contributed by atoms with Gasteiger partial charge in [-0.1, -0.05) is 0 Å². The summed E-state index contributed by atoms with van der Waals surface area (Å²) in [5.41, 5.74) is 6.13. The minimum Gasteiger partial charge on any atom is -0.493 e. The molecule has 1 aromatic carbocycles. The first-order chi connectivity index (χ1) is 8.97. The number of imide groups is 1. The second-order valence-electron chi connectivity index (χ2n) is 3.74. The number of benzene rings is 1. The number of carbonyl (C=O) groups excluding carboxylic acids is 2. The fraction of sp³-hybridized carbons (Fsp3) is 0.333. The van der Waals surface area contributed by atoms with Gasteiger partial charge >= 0.3 is 6.03 Å². The summed E-state index contributed by atoms with van der Waals surface area (Å²) in [6.45, 7) is 1.52. The fourth-order valence-corrected chi connectivity index (χ4v) is 1.30. The van der Waals surface area contributed by atoms with Gasteiger partial charge in [-0.15, -0.1) is 0 Å². The fourth-order valence-electron chi connectivity index (χ4n) is 1.30. The maximum atomic E-state index is 11.6. The summed E-state index contributed by atoms with van der Waals surface area (Å²) in [6.07, 6.45) is -0.852. The van der Waals surface area contributed by atoms with Crippen molar-refractivity contribution in [2.45, 2.75) is 13.0 Å². The van der Waals surface area contributed by atoms with Gasteiger partial charge in [-0.2, -0.15) is 0 Å². The zero-order valence-electron chi connectivity index (χ0n) is 11.0. The van der Waals surface area contributed by atoms with Gasteiger partial charge < -0.3 is 20.5 Å². The van der Waals surface area contributed by atoms with E-state index in [1.807, 2.05) is 0 Å². The topological polar surface area (TPSA) is 103 Å². The highest BCUT2D eigenvalue weighted by molar-refractivity contribution is 5.96. The quantitative estimate of drug-likeness (QED) is 0.689. The Morgan fingerprint density at radius 3 is 2.58 bits per heavy atom. The van der Waals surface area contributed by atoms with Crippen LogP contribution in [0, 0.1) is 0 Å². The summed E-state index contributed by atoms with van der Waals surface area (Å²) in [6, 6.07) is 4.21. The molecule has 1 unspecified atom stereocenters. The van der Waals surface area contributed by atoms with Crippen molar-refractivity contribution in [2.75, 3.05) is 19.9 Å². The molecule has 0 saturated carbocycles. The molecule has 1 rings (SSSR count). The van der Waals surface area contributed by atoms with Crippen molar-refractivity contribution in [3.05, 3.63) is 18.2 Å². The first-order valence-corrected chi connectivity index (χ1v) is 5.60. The van der Waals surface area contributed by atoms with Gasteiger partial charge in [-0.25, -0.2) is 4.79 Å². The lowest BCUT2D eigenvalue weighted by Crippen LogP contribution is -2.43. The molecule has 3 amide bonds. The van der Waals surface area contributed by atoms with Crippen LogP contribution in [-0.2, 0) is 4.79 Å². The molecular formula is C12H17N3O4. The van der Waals surface area contributed by atoms with E-state index in [0.717, 1.165) is 0 Å². The van der Waals surface area contributed by atoms with Crippen LogP contribution in [0.15, 0.2) is 18.2 Å². The van der Waals surface area contributed by atoms with Crippen molar-refractivity contribution < 1.29 is 19.1 Å². The maximum Gasteiger partial charge on any atom is 0.321 e. The van der Waals surface area contributed by atoms with Gasteiger partial charge in [0, 0.05) is 18.8 Å². The molecule has 0 spiro atoms. The van der Waals surface area contributed by atoms with Crippen LogP contribution in [0.3, 0.4) is 0 Å². The van der Waals surface area contributed by atoms with E-state index in [2.05, 4.69) is 10.6 Å². The Kier molecular flexibility index (Phi) is 4.99. The SMILES string of the molecule is CNC(=O)NC(=O)C(C)Oc1ccc(N)cc1OC. The van der Waals surface area contributed by atoms with Crippen LogP contribution in [0.1, 0.15) is 6.92 Å². The van der Waals surface area contributed by atoms with Crippen LogP contribution in [0.2, 0.25) is 0 Å². The predicted molar refractivity (Wildman–Crippen MR) is 70.1 cm³/mol. The molecule has 0 aromatic heterocycles. The van der Waals surface area contributed by atoms with Crippen molar-refractivity contribution in [3.8, 4) is 11.5 Å². The first kappa shape index (κ1) is 14.6. The van der Waals surface area contributed by atoms with Crippen molar-refractivity contribution in [1.29, 1.82) is 0 Å². The Morgan fingerprint density at radius 1 is 1.32 bits per heavy atom. The Balaban J connectivity index is 2.73. The smallest absolute Gasteiger partial charge is 0.321 e. The second-order valence-corrected chi connectivity index (χ2v) is 3.74. The highest BCUT2D eigenvalue weighted by atomic mass is 16.5. The van der Waals surface area contributed by atoms with Gasteiger partial charge in [-0.05, 0) is 19.1 Å². The van der Waals surface area contributed by atoms with Crippen LogP contribution in [-0.4, -0.2) is 32.2 Å². The molecule has 0 heterocycles. The Labute approximate surface area is 111 Å². The molecule has 0 aliphatic rings. The number of hydrogen-bond acceptors (Lipinski definition) is 5. The molecule has 0 saturated heterocycles. The lowest BCUT2D eigenvalue weighted by Gasteiger charge is -2.16. The van der Waals surface area contributed by atoms with Crippen LogP contribution in [0.4, 0.5) is 10.5 Å². The molecule has 7 heteroatoms. The van der Waals surface area contributed by atoms with E-state index in [-0.39, 0.29) is 0 Å². The van der Waals surface area contributed by atoms with E-state index in [1.165, 1.54) is 21.1 Å². The van der Waals surface area contributed by atoms with Gasteiger partial charge in [0.1, 0.15) is 0 Å². The van der Waals surface area contributed by atoms with E-state index in [1.54, 1.807) is 18.2 Å². The molecule has 1 aromatic rings. The van der Waals surface area contributed by atoms with E-state index < -0.39 is 18.0 Å². The molecule has 0 aliphatic carbocycles. The number of nitrogens with two attached hydrogens (primary N) is 1. The van der Waals surface area contributed by atoms with Gasteiger partial charge in [-0.3, -0.25) is 10.1 Å². The van der Waals surface area contributed by atoms with Gasteiger partial charge in [0.25, 0.3) is 5.91 Å².